The molecule has 0 radical (unpaired) electrons. The lowest BCUT2D eigenvalue weighted by Crippen LogP contribution is -2.43. The van der Waals surface area contributed by atoms with Crippen LogP contribution in [0, 0.1) is 0 Å². The number of rotatable bonds is 10. The molecule has 0 aliphatic heterocycles. The van der Waals surface area contributed by atoms with Crippen molar-refractivity contribution >= 4 is 35.8 Å². The molecule has 2 aromatic rings. The van der Waals surface area contributed by atoms with Crippen LogP contribution in [0.25, 0.3) is 0 Å². The molecule has 2 rings (SSSR count). The molecule has 2 N–H and O–H groups in total. The molecule has 1 amide bonds. The van der Waals surface area contributed by atoms with Gasteiger partial charge in [0.25, 0.3) is 0 Å². The zero-order chi connectivity index (χ0) is 21.8. The highest BCUT2D eigenvalue weighted by atomic mass is 127. The molecule has 0 aliphatic carbocycles. The molecule has 0 fully saturated rings. The molecular formula is C23H33IN4O3. The number of hydrogen-bond acceptors (Lipinski definition) is 4. The van der Waals surface area contributed by atoms with Crippen LogP contribution in [0.4, 0.5) is 0 Å². The number of nitrogens with zero attached hydrogens (tertiary/aromatic N) is 2. The summed E-state index contributed by atoms with van der Waals surface area (Å²) in [5.41, 5.74) is 2.23. The van der Waals surface area contributed by atoms with Crippen LogP contribution in [0.15, 0.2) is 53.5 Å². The first-order valence-corrected chi connectivity index (χ1v) is 10.1. The van der Waals surface area contributed by atoms with Crippen LogP contribution >= 0.6 is 24.0 Å². The number of amides is 1. The van der Waals surface area contributed by atoms with E-state index in [2.05, 4.69) is 21.7 Å². The largest absolute Gasteiger partial charge is 0.497 e. The minimum atomic E-state index is -0.0154. The van der Waals surface area contributed by atoms with Crippen LogP contribution in [-0.2, 0) is 17.8 Å². The van der Waals surface area contributed by atoms with Gasteiger partial charge in [-0.25, -0.2) is 4.99 Å². The summed E-state index contributed by atoms with van der Waals surface area (Å²) in [6.45, 7) is 3.98. The molecule has 7 nitrogen and oxygen atoms in total. The van der Waals surface area contributed by atoms with Crippen LogP contribution in [0.5, 0.6) is 11.5 Å². The third-order valence-electron chi connectivity index (χ3n) is 4.40. The Labute approximate surface area is 202 Å². The summed E-state index contributed by atoms with van der Waals surface area (Å²) in [5, 5.41) is 6.42. The van der Waals surface area contributed by atoms with Gasteiger partial charge in [0.15, 0.2) is 5.96 Å². The Kier molecular flexibility index (Phi) is 12.4. The average Bonchev–Trinajstić information content (AvgIpc) is 2.75. The van der Waals surface area contributed by atoms with Gasteiger partial charge in [-0.2, -0.15) is 0 Å². The lowest BCUT2D eigenvalue weighted by atomic mass is 10.1. The fourth-order valence-electron chi connectivity index (χ4n) is 2.68. The summed E-state index contributed by atoms with van der Waals surface area (Å²) in [4.78, 5) is 18.1. The fourth-order valence-corrected chi connectivity index (χ4v) is 2.68. The van der Waals surface area contributed by atoms with Gasteiger partial charge in [-0.3, -0.25) is 4.79 Å². The Bertz CT molecular complexity index is 826. The van der Waals surface area contributed by atoms with E-state index in [0.717, 1.165) is 23.5 Å². The Balaban J connectivity index is 0.00000480. The summed E-state index contributed by atoms with van der Waals surface area (Å²) < 4.78 is 10.7. The predicted octanol–water partition coefficient (Wildman–Crippen LogP) is 3.08. The van der Waals surface area contributed by atoms with Gasteiger partial charge < -0.3 is 25.0 Å². The molecule has 8 heteroatoms. The SMILES string of the molecule is CCOc1cccc(CCNC(=NCc2ccc(OC)cc2)NCC(=O)N(C)C)c1.I. The molecule has 0 aromatic heterocycles. The van der Waals surface area contributed by atoms with Gasteiger partial charge in [0.05, 0.1) is 26.8 Å². The van der Waals surface area contributed by atoms with E-state index in [9.17, 15) is 4.79 Å². The van der Waals surface area contributed by atoms with E-state index in [4.69, 9.17) is 9.47 Å². The molecule has 0 aliphatic rings. The highest BCUT2D eigenvalue weighted by Gasteiger charge is 2.06. The second-order valence-corrected chi connectivity index (χ2v) is 6.91. The second kappa shape index (κ2) is 14.5. The van der Waals surface area contributed by atoms with Crippen molar-refractivity contribution in [2.45, 2.75) is 19.9 Å². The summed E-state index contributed by atoms with van der Waals surface area (Å²) in [6.07, 6.45) is 0.811. The number of halogens is 1. The zero-order valence-corrected chi connectivity index (χ0v) is 21.0. The number of hydrogen-bond donors (Lipinski definition) is 2. The van der Waals surface area contributed by atoms with Gasteiger partial charge in [0, 0.05) is 20.6 Å². The van der Waals surface area contributed by atoms with Gasteiger partial charge in [-0.1, -0.05) is 24.3 Å². The Hall–Kier alpha value is -2.49. The zero-order valence-electron chi connectivity index (χ0n) is 18.7. The smallest absolute Gasteiger partial charge is 0.241 e. The minimum absolute atomic E-state index is 0. The monoisotopic (exact) mass is 540 g/mol. The third kappa shape index (κ3) is 9.91. The first-order chi connectivity index (χ1) is 14.5. The average molecular weight is 540 g/mol. The van der Waals surface area contributed by atoms with Gasteiger partial charge in [-0.15, -0.1) is 24.0 Å². The molecule has 170 valence electrons. The Morgan fingerprint density at radius 1 is 1.03 bits per heavy atom. The quantitative estimate of drug-likeness (QED) is 0.275. The lowest BCUT2D eigenvalue weighted by molar-refractivity contribution is -0.127. The van der Waals surface area contributed by atoms with Crippen molar-refractivity contribution in [3.63, 3.8) is 0 Å². The van der Waals surface area contributed by atoms with Crippen molar-refractivity contribution in [1.82, 2.24) is 15.5 Å². The highest BCUT2D eigenvalue weighted by molar-refractivity contribution is 14.0. The van der Waals surface area contributed by atoms with Gasteiger partial charge in [-0.05, 0) is 48.7 Å². The number of carbonyl (C=O) groups is 1. The molecule has 0 saturated heterocycles. The van der Waals surface area contributed by atoms with Crippen LogP contribution in [0.2, 0.25) is 0 Å². The lowest BCUT2D eigenvalue weighted by Gasteiger charge is -2.15. The summed E-state index contributed by atoms with van der Waals surface area (Å²) >= 11 is 0. The summed E-state index contributed by atoms with van der Waals surface area (Å²) in [5.74, 6) is 2.27. The van der Waals surface area contributed by atoms with E-state index in [0.29, 0.717) is 25.7 Å². The minimum Gasteiger partial charge on any atom is -0.497 e. The second-order valence-electron chi connectivity index (χ2n) is 6.91. The van der Waals surface area contributed by atoms with E-state index in [-0.39, 0.29) is 36.4 Å². The van der Waals surface area contributed by atoms with Gasteiger partial charge in [0.1, 0.15) is 11.5 Å². The maximum atomic E-state index is 11.9. The number of likely N-dealkylation sites (N-methyl/N-ethyl adjacent to an activating group) is 1. The van der Waals surface area contributed by atoms with Gasteiger partial charge in [0.2, 0.25) is 5.91 Å². The number of carbonyl (C=O) groups excluding carboxylic acids is 1. The highest BCUT2D eigenvalue weighted by Crippen LogP contribution is 2.13. The first-order valence-electron chi connectivity index (χ1n) is 10.1. The summed E-state index contributed by atoms with van der Waals surface area (Å²) in [7, 11) is 5.11. The topological polar surface area (TPSA) is 75.2 Å². The molecule has 2 aromatic carbocycles. The van der Waals surface area contributed by atoms with Crippen molar-refractivity contribution < 1.29 is 14.3 Å². The number of benzene rings is 2. The van der Waals surface area contributed by atoms with E-state index < -0.39 is 0 Å². The van der Waals surface area contributed by atoms with Crippen molar-refractivity contribution in [3.8, 4) is 11.5 Å². The van der Waals surface area contributed by atoms with Crippen LogP contribution in [0.3, 0.4) is 0 Å². The van der Waals surface area contributed by atoms with E-state index in [1.165, 1.54) is 5.56 Å². The maximum absolute atomic E-state index is 11.9. The molecule has 0 heterocycles. The number of ether oxygens (including phenoxy) is 2. The molecule has 31 heavy (non-hydrogen) atoms. The number of aliphatic imine (C=N–C) groups is 1. The third-order valence-corrected chi connectivity index (χ3v) is 4.40. The van der Waals surface area contributed by atoms with E-state index in [1.807, 2.05) is 49.4 Å². The molecule has 0 spiro atoms. The number of methoxy groups -OCH3 is 1. The van der Waals surface area contributed by atoms with Crippen LogP contribution < -0.4 is 20.1 Å². The van der Waals surface area contributed by atoms with Gasteiger partial charge >= 0.3 is 0 Å². The fraction of sp³-hybridized carbons (Fsp3) is 0.391. The van der Waals surface area contributed by atoms with E-state index >= 15 is 0 Å². The van der Waals surface area contributed by atoms with Crippen LogP contribution in [-0.4, -0.2) is 57.7 Å². The molecular weight excluding hydrogens is 507 g/mol. The molecule has 0 bridgehead atoms. The predicted molar refractivity (Wildman–Crippen MR) is 136 cm³/mol. The number of nitrogens with one attached hydrogen (secondary N) is 2. The first kappa shape index (κ1) is 26.5. The Morgan fingerprint density at radius 3 is 2.42 bits per heavy atom. The summed E-state index contributed by atoms with van der Waals surface area (Å²) in [6, 6.07) is 15.8. The molecule has 0 saturated carbocycles. The number of guanidine groups is 1. The Morgan fingerprint density at radius 2 is 1.77 bits per heavy atom. The van der Waals surface area contributed by atoms with Crippen molar-refractivity contribution in [1.29, 1.82) is 0 Å². The molecule has 0 unspecified atom stereocenters. The van der Waals surface area contributed by atoms with Crippen molar-refractivity contribution in [2.75, 3.05) is 40.9 Å². The normalized spacial score (nSPS) is 10.6. The molecule has 0 atom stereocenters. The standard InChI is InChI=1S/C23H32N4O3.HI/c1-5-30-21-8-6-7-18(15-21)13-14-24-23(26-17-22(28)27(2)3)25-16-19-9-11-20(29-4)12-10-19;/h6-12,15H,5,13-14,16-17H2,1-4H3,(H2,24,25,26);1H. The maximum Gasteiger partial charge on any atom is 0.241 e. The van der Waals surface area contributed by atoms with Crippen molar-refractivity contribution in [2.24, 2.45) is 4.99 Å². The van der Waals surface area contributed by atoms with Crippen LogP contribution in [0.1, 0.15) is 18.1 Å². The van der Waals surface area contributed by atoms with Crippen molar-refractivity contribution in [3.05, 3.63) is 59.7 Å². The van der Waals surface area contributed by atoms with E-state index in [1.54, 1.807) is 26.1 Å².